The van der Waals surface area contributed by atoms with Gasteiger partial charge in [-0.15, -0.1) is 0 Å². The maximum absolute atomic E-state index is 9.60. The zero-order valence-corrected chi connectivity index (χ0v) is 11.1. The summed E-state index contributed by atoms with van der Waals surface area (Å²) in [7, 11) is 0. The lowest BCUT2D eigenvalue weighted by Crippen LogP contribution is -2.57. The molecule has 0 fully saturated rings. The Morgan fingerprint density at radius 3 is 1.81 bits per heavy atom. The third kappa shape index (κ3) is 5.28. The number of aliphatic hydroxyl groups excluding tert-OH is 2. The molecule has 3 nitrogen and oxygen atoms in total. The third-order valence-corrected chi connectivity index (χ3v) is 3.52. The van der Waals surface area contributed by atoms with E-state index in [1.165, 1.54) is 25.7 Å². The van der Waals surface area contributed by atoms with Crippen molar-refractivity contribution in [3.05, 3.63) is 0 Å². The van der Waals surface area contributed by atoms with Crippen molar-refractivity contribution in [2.75, 3.05) is 0 Å². The highest BCUT2D eigenvalue weighted by Crippen LogP contribution is 2.21. The van der Waals surface area contributed by atoms with E-state index in [4.69, 9.17) is 5.73 Å². The van der Waals surface area contributed by atoms with Crippen molar-refractivity contribution in [3.63, 3.8) is 0 Å². The summed E-state index contributed by atoms with van der Waals surface area (Å²) in [6, 6.07) is 0. The van der Waals surface area contributed by atoms with E-state index in [9.17, 15) is 10.2 Å². The van der Waals surface area contributed by atoms with Crippen LogP contribution in [0.4, 0.5) is 0 Å². The molecule has 2 atom stereocenters. The molecule has 3 heteroatoms. The summed E-state index contributed by atoms with van der Waals surface area (Å²) >= 11 is 0. The molecule has 0 saturated carbocycles. The lowest BCUT2D eigenvalue weighted by atomic mass is 9.83. The van der Waals surface area contributed by atoms with Gasteiger partial charge in [-0.1, -0.05) is 45.4 Å². The van der Waals surface area contributed by atoms with E-state index in [0.29, 0.717) is 6.42 Å². The fourth-order valence-electron chi connectivity index (χ4n) is 1.98. The van der Waals surface area contributed by atoms with Crippen LogP contribution in [-0.4, -0.2) is 28.0 Å². The molecule has 0 aromatic carbocycles. The van der Waals surface area contributed by atoms with E-state index in [1.54, 1.807) is 13.8 Å². The molecule has 0 aliphatic rings. The molecule has 98 valence electrons. The zero-order chi connectivity index (χ0) is 12.6. The highest BCUT2D eigenvalue weighted by atomic mass is 16.3. The van der Waals surface area contributed by atoms with E-state index in [-0.39, 0.29) is 0 Å². The van der Waals surface area contributed by atoms with Crippen LogP contribution in [0.25, 0.3) is 0 Å². The van der Waals surface area contributed by atoms with Crippen LogP contribution in [-0.2, 0) is 0 Å². The number of aliphatic hydroxyl groups is 2. The monoisotopic (exact) mass is 231 g/mol. The molecular formula is C13H29NO2. The van der Waals surface area contributed by atoms with Gasteiger partial charge < -0.3 is 15.9 Å². The highest BCUT2D eigenvalue weighted by molar-refractivity contribution is 4.93. The van der Waals surface area contributed by atoms with Crippen molar-refractivity contribution < 1.29 is 10.2 Å². The summed E-state index contributed by atoms with van der Waals surface area (Å²) in [4.78, 5) is 0. The van der Waals surface area contributed by atoms with E-state index < -0.39 is 17.7 Å². The second-order valence-electron chi connectivity index (χ2n) is 4.98. The normalized spacial score (nSPS) is 19.1. The molecular weight excluding hydrogens is 202 g/mol. The first-order chi connectivity index (χ1) is 7.45. The SMILES string of the molecule is CCCCCCCCC(N)(C(C)O)C(C)O. The van der Waals surface area contributed by atoms with Crippen LogP contribution < -0.4 is 5.73 Å². The second-order valence-corrected chi connectivity index (χ2v) is 4.98. The smallest absolute Gasteiger partial charge is 0.0716 e. The number of nitrogens with two attached hydrogens (primary N) is 1. The number of rotatable bonds is 9. The summed E-state index contributed by atoms with van der Waals surface area (Å²) in [5.74, 6) is 0. The number of unbranched alkanes of at least 4 members (excludes halogenated alkanes) is 5. The van der Waals surface area contributed by atoms with Crippen LogP contribution in [0, 0.1) is 0 Å². The second kappa shape index (κ2) is 8.04. The predicted molar refractivity (Wildman–Crippen MR) is 68.3 cm³/mol. The molecule has 0 rings (SSSR count). The molecule has 0 saturated heterocycles. The van der Waals surface area contributed by atoms with Crippen LogP contribution >= 0.6 is 0 Å². The largest absolute Gasteiger partial charge is 0.391 e. The molecule has 2 unspecified atom stereocenters. The van der Waals surface area contributed by atoms with Crippen molar-refractivity contribution >= 4 is 0 Å². The lowest BCUT2D eigenvalue weighted by molar-refractivity contribution is 0.00127. The highest BCUT2D eigenvalue weighted by Gasteiger charge is 2.35. The molecule has 0 aromatic heterocycles. The van der Waals surface area contributed by atoms with E-state index in [2.05, 4.69) is 6.92 Å². The molecule has 0 aliphatic carbocycles. The summed E-state index contributed by atoms with van der Waals surface area (Å²) < 4.78 is 0. The summed E-state index contributed by atoms with van der Waals surface area (Å²) in [6.45, 7) is 5.51. The third-order valence-electron chi connectivity index (χ3n) is 3.52. The summed E-state index contributed by atoms with van der Waals surface area (Å²) in [6.07, 6.45) is 6.53. The molecule has 0 aromatic rings. The predicted octanol–water partition coefficient (Wildman–Crippen LogP) is 2.20. The van der Waals surface area contributed by atoms with Gasteiger partial charge in [0.05, 0.1) is 17.7 Å². The van der Waals surface area contributed by atoms with E-state index in [1.807, 2.05) is 0 Å². The molecule has 16 heavy (non-hydrogen) atoms. The maximum atomic E-state index is 9.60. The van der Waals surface area contributed by atoms with Crippen molar-refractivity contribution in [3.8, 4) is 0 Å². The Bertz CT molecular complexity index is 161. The molecule has 0 aliphatic heterocycles. The Hall–Kier alpha value is -0.120. The van der Waals surface area contributed by atoms with Crippen molar-refractivity contribution in [2.24, 2.45) is 5.73 Å². The van der Waals surface area contributed by atoms with Gasteiger partial charge >= 0.3 is 0 Å². The minimum atomic E-state index is -0.843. The first-order valence-corrected chi connectivity index (χ1v) is 6.60. The van der Waals surface area contributed by atoms with E-state index in [0.717, 1.165) is 12.8 Å². The Balaban J connectivity index is 3.78. The van der Waals surface area contributed by atoms with Crippen molar-refractivity contribution in [2.45, 2.75) is 83.5 Å². The van der Waals surface area contributed by atoms with Gasteiger partial charge in [-0.05, 0) is 20.3 Å². The van der Waals surface area contributed by atoms with Crippen LogP contribution in [0.5, 0.6) is 0 Å². The Morgan fingerprint density at radius 1 is 0.938 bits per heavy atom. The van der Waals surface area contributed by atoms with Gasteiger partial charge in [-0.2, -0.15) is 0 Å². The minimum absolute atomic E-state index is 0.664. The van der Waals surface area contributed by atoms with Gasteiger partial charge in [0, 0.05) is 0 Å². The van der Waals surface area contributed by atoms with Crippen molar-refractivity contribution in [1.29, 1.82) is 0 Å². The minimum Gasteiger partial charge on any atom is -0.391 e. The van der Waals surface area contributed by atoms with Gasteiger partial charge in [0.2, 0.25) is 0 Å². The molecule has 0 heterocycles. The maximum Gasteiger partial charge on any atom is 0.0716 e. The first-order valence-electron chi connectivity index (χ1n) is 6.60. The molecule has 0 bridgehead atoms. The van der Waals surface area contributed by atoms with Crippen molar-refractivity contribution in [1.82, 2.24) is 0 Å². The van der Waals surface area contributed by atoms with Gasteiger partial charge in [-0.25, -0.2) is 0 Å². The summed E-state index contributed by atoms with van der Waals surface area (Å²) in [5.41, 5.74) is 5.18. The average molecular weight is 231 g/mol. The van der Waals surface area contributed by atoms with Gasteiger partial charge in [-0.3, -0.25) is 0 Å². The standard InChI is InChI=1S/C13H29NO2/c1-4-5-6-7-8-9-10-13(14,11(2)15)12(3)16/h11-12,15-16H,4-10,14H2,1-3H3. The fourth-order valence-corrected chi connectivity index (χ4v) is 1.98. The lowest BCUT2D eigenvalue weighted by Gasteiger charge is -2.35. The number of hydrogen-bond acceptors (Lipinski definition) is 3. The number of hydrogen-bond donors (Lipinski definition) is 3. The topological polar surface area (TPSA) is 66.5 Å². The van der Waals surface area contributed by atoms with Crippen LogP contribution in [0.3, 0.4) is 0 Å². The van der Waals surface area contributed by atoms with Gasteiger partial charge in [0.15, 0.2) is 0 Å². The average Bonchev–Trinajstić information content (AvgIpc) is 2.22. The molecule has 4 N–H and O–H groups in total. The Morgan fingerprint density at radius 2 is 1.38 bits per heavy atom. The first kappa shape index (κ1) is 15.9. The zero-order valence-electron chi connectivity index (χ0n) is 11.1. The molecule has 0 spiro atoms. The molecule has 0 radical (unpaired) electrons. The van der Waals surface area contributed by atoms with Gasteiger partial charge in [0.1, 0.15) is 0 Å². The van der Waals surface area contributed by atoms with Crippen LogP contribution in [0.1, 0.15) is 65.7 Å². The van der Waals surface area contributed by atoms with Crippen LogP contribution in [0.2, 0.25) is 0 Å². The summed E-state index contributed by atoms with van der Waals surface area (Å²) in [5, 5.41) is 19.2. The Labute approximate surface area is 100 Å². The van der Waals surface area contributed by atoms with E-state index >= 15 is 0 Å². The fraction of sp³-hybridized carbons (Fsp3) is 1.00. The van der Waals surface area contributed by atoms with Crippen LogP contribution in [0.15, 0.2) is 0 Å². The quantitative estimate of drug-likeness (QED) is 0.533. The molecule has 0 amide bonds. The van der Waals surface area contributed by atoms with Gasteiger partial charge in [0.25, 0.3) is 0 Å². The Kier molecular flexibility index (Phi) is 7.98.